The van der Waals surface area contributed by atoms with Gasteiger partial charge in [-0.3, -0.25) is 5.41 Å². The molecule has 3 rings (SSSR count). The molecule has 84 valence electrons. The summed E-state index contributed by atoms with van der Waals surface area (Å²) in [5, 5.41) is 11.1. The molecule has 3 nitrogen and oxygen atoms in total. The maximum Gasteiger partial charge on any atom is 0.345 e. The first kappa shape index (κ1) is 10.2. The van der Waals surface area contributed by atoms with Crippen molar-refractivity contribution in [2.24, 2.45) is 0 Å². The zero-order chi connectivity index (χ0) is 12.0. The van der Waals surface area contributed by atoms with Crippen LogP contribution >= 0.6 is 0 Å². The molecule has 17 heavy (non-hydrogen) atoms. The monoisotopic (exact) mass is 241 g/mol. The lowest BCUT2D eigenvalue weighted by molar-refractivity contribution is 0.0714. The summed E-state index contributed by atoms with van der Waals surface area (Å²) in [5.41, 5.74) is 1.30. The number of carbonyl (C=O) groups excluding carboxylic acids is 1. The molecule has 0 amide bonds. The highest BCUT2D eigenvalue weighted by atomic mass is 28.2. The molecule has 4 heteroatoms. The van der Waals surface area contributed by atoms with Crippen molar-refractivity contribution in [2.75, 3.05) is 0 Å². The predicted molar refractivity (Wildman–Crippen MR) is 70.2 cm³/mol. The standard InChI is InChI=1S/C13H11NO2Si/c1-17-10-6-5-9-11-7(10)3-2-4-8(11)12(14)16-13(9)15/h2-6,14H,17H2,1H3. The van der Waals surface area contributed by atoms with Crippen LogP contribution in [0.3, 0.4) is 0 Å². The van der Waals surface area contributed by atoms with Gasteiger partial charge in [0.15, 0.2) is 0 Å². The highest BCUT2D eigenvalue weighted by molar-refractivity contribution is 6.56. The molecule has 0 radical (unpaired) electrons. The number of carbonyl (C=O) groups is 1. The molecule has 0 saturated heterocycles. The minimum absolute atomic E-state index is 0.0389. The van der Waals surface area contributed by atoms with Crippen molar-refractivity contribution in [3.8, 4) is 0 Å². The summed E-state index contributed by atoms with van der Waals surface area (Å²) >= 11 is 0. The normalized spacial score (nSPS) is 14.6. The summed E-state index contributed by atoms with van der Waals surface area (Å²) in [6.07, 6.45) is 0. The van der Waals surface area contributed by atoms with E-state index in [1.807, 2.05) is 30.3 Å². The third-order valence-corrected chi connectivity index (χ3v) is 4.55. The molecule has 0 aromatic heterocycles. The molecular weight excluding hydrogens is 230 g/mol. The fraction of sp³-hybridized carbons (Fsp3) is 0.0769. The van der Waals surface area contributed by atoms with Gasteiger partial charge in [0.1, 0.15) is 0 Å². The van der Waals surface area contributed by atoms with E-state index in [9.17, 15) is 4.79 Å². The van der Waals surface area contributed by atoms with E-state index >= 15 is 0 Å². The SMILES string of the molecule is C[SiH2]c1ccc2c3c(cccc13)C(=N)OC2=O. The van der Waals surface area contributed by atoms with Gasteiger partial charge in [0.05, 0.1) is 15.1 Å². The fourth-order valence-corrected chi connectivity index (χ4v) is 3.37. The minimum atomic E-state index is -0.414. The van der Waals surface area contributed by atoms with Crippen LogP contribution in [-0.4, -0.2) is 21.4 Å². The highest BCUT2D eigenvalue weighted by Gasteiger charge is 2.25. The Bertz CT molecular complexity index is 644. The number of ether oxygens (including phenoxy) is 1. The Hall–Kier alpha value is -1.94. The van der Waals surface area contributed by atoms with Gasteiger partial charge in [-0.2, -0.15) is 0 Å². The van der Waals surface area contributed by atoms with E-state index in [1.165, 1.54) is 5.19 Å². The van der Waals surface area contributed by atoms with E-state index in [0.29, 0.717) is 5.56 Å². The first-order chi connectivity index (χ1) is 8.22. The van der Waals surface area contributed by atoms with Crippen LogP contribution in [0.25, 0.3) is 10.8 Å². The third kappa shape index (κ3) is 1.34. The second-order valence-corrected chi connectivity index (χ2v) is 5.54. The third-order valence-electron chi connectivity index (χ3n) is 3.17. The van der Waals surface area contributed by atoms with Gasteiger partial charge >= 0.3 is 5.97 Å². The van der Waals surface area contributed by atoms with Crippen LogP contribution in [0.5, 0.6) is 0 Å². The second-order valence-electron chi connectivity index (χ2n) is 4.07. The maximum absolute atomic E-state index is 11.7. The average molecular weight is 241 g/mol. The number of hydrogen-bond acceptors (Lipinski definition) is 3. The second kappa shape index (κ2) is 3.53. The molecule has 1 aliphatic rings. The van der Waals surface area contributed by atoms with E-state index < -0.39 is 5.97 Å². The molecule has 2 aromatic carbocycles. The van der Waals surface area contributed by atoms with Gasteiger partial charge in [-0.25, -0.2) is 4.79 Å². The van der Waals surface area contributed by atoms with Crippen molar-refractivity contribution >= 4 is 37.3 Å². The van der Waals surface area contributed by atoms with Gasteiger partial charge in [0.25, 0.3) is 0 Å². The number of rotatable bonds is 1. The lowest BCUT2D eigenvalue weighted by Gasteiger charge is -2.18. The lowest BCUT2D eigenvalue weighted by atomic mass is 9.97. The molecule has 0 atom stereocenters. The van der Waals surface area contributed by atoms with Crippen LogP contribution in [0.1, 0.15) is 15.9 Å². The lowest BCUT2D eigenvalue weighted by Crippen LogP contribution is -2.23. The predicted octanol–water partition coefficient (Wildman–Crippen LogP) is 1.18. The number of esters is 1. The Labute approximate surface area is 101 Å². The summed E-state index contributed by atoms with van der Waals surface area (Å²) in [4.78, 5) is 11.7. The highest BCUT2D eigenvalue weighted by Crippen LogP contribution is 2.27. The van der Waals surface area contributed by atoms with Crippen LogP contribution in [0.15, 0.2) is 30.3 Å². The Morgan fingerprint density at radius 1 is 1.18 bits per heavy atom. The van der Waals surface area contributed by atoms with Gasteiger partial charge in [0.2, 0.25) is 5.90 Å². The molecular formula is C13H11NO2Si. The minimum Gasteiger partial charge on any atom is -0.404 e. The van der Waals surface area contributed by atoms with E-state index in [0.717, 1.165) is 16.3 Å². The van der Waals surface area contributed by atoms with Gasteiger partial charge in [0, 0.05) is 10.9 Å². The van der Waals surface area contributed by atoms with Gasteiger partial charge in [-0.15, -0.1) is 0 Å². The Balaban J connectivity index is 2.51. The van der Waals surface area contributed by atoms with Crippen molar-refractivity contribution < 1.29 is 9.53 Å². The van der Waals surface area contributed by atoms with Gasteiger partial charge < -0.3 is 4.74 Å². The van der Waals surface area contributed by atoms with E-state index in [2.05, 4.69) is 6.55 Å². The summed E-state index contributed by atoms with van der Waals surface area (Å²) in [5.74, 6) is -0.453. The van der Waals surface area contributed by atoms with Crippen molar-refractivity contribution in [2.45, 2.75) is 6.55 Å². The molecule has 1 heterocycles. The Morgan fingerprint density at radius 3 is 2.76 bits per heavy atom. The first-order valence-electron chi connectivity index (χ1n) is 5.58. The fourth-order valence-electron chi connectivity index (χ4n) is 2.34. The smallest absolute Gasteiger partial charge is 0.345 e. The molecule has 0 bridgehead atoms. The molecule has 0 spiro atoms. The van der Waals surface area contributed by atoms with Crippen molar-refractivity contribution in [3.63, 3.8) is 0 Å². The van der Waals surface area contributed by atoms with Crippen molar-refractivity contribution in [1.29, 1.82) is 5.41 Å². The number of nitrogens with one attached hydrogen (secondary N) is 1. The first-order valence-corrected chi connectivity index (χ1v) is 7.70. The average Bonchev–Trinajstić information content (AvgIpc) is 2.35. The molecule has 0 fully saturated rings. The quantitative estimate of drug-likeness (QED) is 0.602. The molecule has 0 aliphatic carbocycles. The van der Waals surface area contributed by atoms with E-state index in [4.69, 9.17) is 10.1 Å². The Morgan fingerprint density at radius 2 is 2.00 bits per heavy atom. The summed E-state index contributed by atoms with van der Waals surface area (Å²) in [6, 6.07) is 9.63. The number of cyclic esters (lactones) is 1. The van der Waals surface area contributed by atoms with Crippen LogP contribution in [0, 0.1) is 5.41 Å². The van der Waals surface area contributed by atoms with Gasteiger partial charge in [-0.05, 0) is 17.5 Å². The molecule has 1 N–H and O–H groups in total. The van der Waals surface area contributed by atoms with Crippen LogP contribution in [-0.2, 0) is 4.74 Å². The molecule has 1 aliphatic heterocycles. The zero-order valence-corrected chi connectivity index (χ0v) is 10.8. The topological polar surface area (TPSA) is 50.1 Å². The maximum atomic E-state index is 11.7. The summed E-state index contributed by atoms with van der Waals surface area (Å²) in [7, 11) is -0.303. The summed E-state index contributed by atoms with van der Waals surface area (Å²) in [6.45, 7) is 2.22. The molecule has 0 unspecified atom stereocenters. The molecule has 2 aromatic rings. The Kier molecular flexibility index (Phi) is 2.12. The largest absolute Gasteiger partial charge is 0.404 e. The van der Waals surface area contributed by atoms with Crippen LogP contribution in [0.2, 0.25) is 6.55 Å². The van der Waals surface area contributed by atoms with Crippen molar-refractivity contribution in [3.05, 3.63) is 41.5 Å². The summed E-state index contributed by atoms with van der Waals surface area (Å²) < 4.78 is 4.93. The number of benzene rings is 2. The molecule has 0 saturated carbocycles. The number of hydrogen-bond donors (Lipinski definition) is 1. The van der Waals surface area contributed by atoms with Crippen LogP contribution < -0.4 is 5.19 Å². The van der Waals surface area contributed by atoms with Crippen LogP contribution in [0.4, 0.5) is 0 Å². The van der Waals surface area contributed by atoms with Gasteiger partial charge in [-0.1, -0.05) is 29.9 Å². The van der Waals surface area contributed by atoms with Crippen molar-refractivity contribution in [1.82, 2.24) is 0 Å². The van der Waals surface area contributed by atoms with E-state index in [1.54, 1.807) is 0 Å². The zero-order valence-electron chi connectivity index (χ0n) is 9.41. The van der Waals surface area contributed by atoms with E-state index in [-0.39, 0.29) is 15.4 Å².